The van der Waals surface area contributed by atoms with Gasteiger partial charge in [-0.3, -0.25) is 9.48 Å². The number of primary amides is 1. The number of carbonyl (C=O) groups excluding carboxylic acids is 1. The van der Waals surface area contributed by atoms with Crippen LogP contribution in [0.25, 0.3) is 39.0 Å². The quantitative estimate of drug-likeness (QED) is 0.280. The van der Waals surface area contributed by atoms with Crippen LogP contribution in [0.5, 0.6) is 0 Å². The highest BCUT2D eigenvalue weighted by atomic mass is 19.4. The zero-order chi connectivity index (χ0) is 27.9. The maximum Gasteiger partial charge on any atom is 0.433 e. The summed E-state index contributed by atoms with van der Waals surface area (Å²) < 4.78 is 45.5. The van der Waals surface area contributed by atoms with E-state index in [0.717, 1.165) is 11.6 Å². The number of rotatable bonds is 7. The fourth-order valence-corrected chi connectivity index (χ4v) is 4.37. The van der Waals surface area contributed by atoms with E-state index in [1.165, 1.54) is 12.4 Å². The van der Waals surface area contributed by atoms with Crippen LogP contribution in [0.3, 0.4) is 0 Å². The smallest absolute Gasteiger partial charge is 0.384 e. The van der Waals surface area contributed by atoms with Crippen LogP contribution in [0, 0.1) is 5.92 Å². The molecule has 0 saturated carbocycles. The highest BCUT2D eigenvalue weighted by Crippen LogP contribution is 2.38. The topological polar surface area (TPSA) is 104 Å². The molecule has 11 heteroatoms. The Morgan fingerprint density at radius 3 is 2.56 bits per heavy atom. The molecule has 3 N–H and O–H groups in total. The minimum Gasteiger partial charge on any atom is -0.384 e. The lowest BCUT2D eigenvalue weighted by atomic mass is 9.97. The highest BCUT2D eigenvalue weighted by molar-refractivity contribution is 6.02. The minimum absolute atomic E-state index is 0.160. The summed E-state index contributed by atoms with van der Waals surface area (Å²) in [6.07, 6.45) is 2.04. The predicted molar refractivity (Wildman–Crippen MR) is 143 cm³/mol. The Bertz CT molecular complexity index is 1680. The van der Waals surface area contributed by atoms with Gasteiger partial charge in [-0.25, -0.2) is 9.97 Å². The average molecular weight is 534 g/mol. The minimum atomic E-state index is -4.68. The number of aromatic nitrogens is 5. The number of halogens is 3. The number of pyridine rings is 1. The van der Waals surface area contributed by atoms with E-state index >= 15 is 0 Å². The van der Waals surface area contributed by atoms with Crippen molar-refractivity contribution in [1.82, 2.24) is 24.3 Å². The summed E-state index contributed by atoms with van der Waals surface area (Å²) in [7, 11) is 1.79. The van der Waals surface area contributed by atoms with E-state index in [-0.39, 0.29) is 17.0 Å². The van der Waals surface area contributed by atoms with E-state index in [2.05, 4.69) is 20.4 Å². The van der Waals surface area contributed by atoms with Crippen molar-refractivity contribution < 1.29 is 18.0 Å². The van der Waals surface area contributed by atoms with E-state index in [0.29, 0.717) is 40.1 Å². The number of nitrogens with two attached hydrogens (primary N) is 1. The Kier molecular flexibility index (Phi) is 6.59. The number of para-hydroxylation sites is 1. The van der Waals surface area contributed by atoms with Crippen LogP contribution < -0.4 is 11.1 Å². The Morgan fingerprint density at radius 2 is 1.90 bits per heavy atom. The molecule has 0 aliphatic rings. The molecular formula is C28H26F3N7O. The molecule has 0 unspecified atom stereocenters. The van der Waals surface area contributed by atoms with Gasteiger partial charge in [-0.2, -0.15) is 18.3 Å². The Morgan fingerprint density at radius 1 is 1.10 bits per heavy atom. The van der Waals surface area contributed by atoms with E-state index < -0.39 is 17.8 Å². The second kappa shape index (κ2) is 9.90. The molecule has 200 valence electrons. The molecule has 5 aromatic rings. The normalized spacial score (nSPS) is 11.9. The van der Waals surface area contributed by atoms with Crippen molar-refractivity contribution >= 4 is 22.5 Å². The van der Waals surface area contributed by atoms with Crippen molar-refractivity contribution in [3.05, 3.63) is 78.6 Å². The molecule has 3 heterocycles. The van der Waals surface area contributed by atoms with Gasteiger partial charge < -0.3 is 15.6 Å². The maximum absolute atomic E-state index is 14.1. The lowest BCUT2D eigenvalue weighted by Gasteiger charge is -2.17. The first-order valence-corrected chi connectivity index (χ1v) is 12.2. The van der Waals surface area contributed by atoms with Gasteiger partial charge in [0.15, 0.2) is 0 Å². The summed E-state index contributed by atoms with van der Waals surface area (Å²) in [5.41, 5.74) is 8.06. The molecule has 0 bridgehead atoms. The zero-order valence-electron chi connectivity index (χ0n) is 21.5. The van der Waals surface area contributed by atoms with Crippen LogP contribution in [0.2, 0.25) is 0 Å². The fourth-order valence-electron chi connectivity index (χ4n) is 4.37. The number of imidazole rings is 1. The van der Waals surface area contributed by atoms with Gasteiger partial charge in [0.1, 0.15) is 5.69 Å². The van der Waals surface area contributed by atoms with E-state index in [1.54, 1.807) is 65.2 Å². The number of benzene rings is 2. The van der Waals surface area contributed by atoms with E-state index in [1.807, 2.05) is 13.8 Å². The molecule has 0 radical (unpaired) electrons. The third-order valence-corrected chi connectivity index (χ3v) is 6.27. The van der Waals surface area contributed by atoms with Gasteiger partial charge in [0.25, 0.3) is 5.91 Å². The second-order valence-corrected chi connectivity index (χ2v) is 9.69. The molecule has 0 spiro atoms. The molecule has 1 amide bonds. The standard InChI is InChI=1S/C28H26F3N7O/c1-16(2)11-33-22-9-17(7-8-20(22)27(32)39)21-10-25(28(29,30)31)36-26-19(21)5-4-6-24(26)38-14-23(34-15-38)18-12-35-37(3)13-18/h4-10,12-16,33H,11H2,1-3H3,(H2,32,39). The Balaban J connectivity index is 1.70. The average Bonchev–Trinajstić information content (AvgIpc) is 3.55. The van der Waals surface area contributed by atoms with Crippen molar-refractivity contribution in [3.8, 4) is 28.1 Å². The van der Waals surface area contributed by atoms with Gasteiger partial charge >= 0.3 is 6.18 Å². The molecule has 39 heavy (non-hydrogen) atoms. The summed E-state index contributed by atoms with van der Waals surface area (Å²) in [5, 5.41) is 7.86. The molecule has 5 rings (SSSR count). The largest absolute Gasteiger partial charge is 0.433 e. The second-order valence-electron chi connectivity index (χ2n) is 9.69. The van der Waals surface area contributed by atoms with Crippen molar-refractivity contribution in [2.45, 2.75) is 20.0 Å². The number of aryl methyl sites for hydroxylation is 1. The lowest BCUT2D eigenvalue weighted by molar-refractivity contribution is -0.140. The molecule has 0 atom stereocenters. The monoisotopic (exact) mass is 533 g/mol. The summed E-state index contributed by atoms with van der Waals surface area (Å²) >= 11 is 0. The van der Waals surface area contributed by atoms with Crippen molar-refractivity contribution in [2.24, 2.45) is 18.7 Å². The maximum atomic E-state index is 14.1. The summed E-state index contributed by atoms with van der Waals surface area (Å²) in [5.74, 6) is -0.363. The molecule has 3 aromatic heterocycles. The number of nitrogens with zero attached hydrogens (tertiary/aromatic N) is 5. The van der Waals surface area contributed by atoms with Crippen molar-refractivity contribution in [1.29, 1.82) is 0 Å². The van der Waals surface area contributed by atoms with Crippen molar-refractivity contribution in [2.75, 3.05) is 11.9 Å². The number of alkyl halides is 3. The van der Waals surface area contributed by atoms with Crippen LogP contribution in [0.15, 0.2) is 67.4 Å². The predicted octanol–water partition coefficient (Wildman–Crippen LogP) is 5.67. The van der Waals surface area contributed by atoms with Gasteiger partial charge in [0.2, 0.25) is 0 Å². The van der Waals surface area contributed by atoms with Gasteiger partial charge in [0, 0.05) is 42.6 Å². The number of hydrogen-bond acceptors (Lipinski definition) is 5. The van der Waals surface area contributed by atoms with Gasteiger partial charge in [0.05, 0.1) is 35.0 Å². The lowest BCUT2D eigenvalue weighted by Crippen LogP contribution is -2.16. The van der Waals surface area contributed by atoms with Crippen LogP contribution in [0.1, 0.15) is 29.9 Å². The SMILES string of the molecule is CC(C)CNc1cc(-c2cc(C(F)(F)F)nc3c(-n4cnc(-c5cnn(C)c5)c4)cccc23)ccc1C(N)=O. The number of carbonyl (C=O) groups is 1. The van der Waals surface area contributed by atoms with Crippen LogP contribution in [-0.4, -0.2) is 36.8 Å². The van der Waals surface area contributed by atoms with E-state index in [9.17, 15) is 18.0 Å². The number of anilines is 1. The highest BCUT2D eigenvalue weighted by Gasteiger charge is 2.34. The first-order valence-electron chi connectivity index (χ1n) is 12.2. The van der Waals surface area contributed by atoms with Crippen LogP contribution in [-0.2, 0) is 13.2 Å². The Hall–Kier alpha value is -4.67. The summed E-state index contributed by atoms with van der Waals surface area (Å²) in [6.45, 7) is 4.56. The fraction of sp³-hybridized carbons (Fsp3) is 0.214. The molecule has 0 saturated heterocycles. The molecule has 0 aliphatic carbocycles. The van der Waals surface area contributed by atoms with Crippen molar-refractivity contribution in [3.63, 3.8) is 0 Å². The van der Waals surface area contributed by atoms with Gasteiger partial charge in [-0.15, -0.1) is 0 Å². The first-order chi connectivity index (χ1) is 18.5. The number of fused-ring (bicyclic) bond motifs is 1. The number of nitrogens with one attached hydrogen (secondary N) is 1. The molecule has 0 aliphatic heterocycles. The number of hydrogen-bond donors (Lipinski definition) is 2. The molecule has 0 fully saturated rings. The van der Waals surface area contributed by atoms with E-state index in [4.69, 9.17) is 5.73 Å². The zero-order valence-corrected chi connectivity index (χ0v) is 21.5. The first kappa shape index (κ1) is 26.0. The van der Waals surface area contributed by atoms with Gasteiger partial charge in [-0.05, 0) is 41.3 Å². The Labute approximate surface area is 222 Å². The van der Waals surface area contributed by atoms with Crippen LogP contribution >= 0.6 is 0 Å². The third kappa shape index (κ3) is 5.20. The molecule has 2 aromatic carbocycles. The molecule has 8 nitrogen and oxygen atoms in total. The van der Waals surface area contributed by atoms with Gasteiger partial charge in [-0.1, -0.05) is 32.0 Å². The third-order valence-electron chi connectivity index (χ3n) is 6.27. The summed E-state index contributed by atoms with van der Waals surface area (Å²) in [4.78, 5) is 20.5. The van der Waals surface area contributed by atoms with Crippen LogP contribution in [0.4, 0.5) is 18.9 Å². The molecular weight excluding hydrogens is 507 g/mol. The summed E-state index contributed by atoms with van der Waals surface area (Å²) in [6, 6.07) is 11.0. The number of amides is 1.